The van der Waals surface area contributed by atoms with E-state index in [9.17, 15) is 22.8 Å². The van der Waals surface area contributed by atoms with Crippen LogP contribution in [-0.2, 0) is 9.59 Å². The number of carbonyl (C=O) groups excluding carboxylic acids is 2. The maximum absolute atomic E-state index is 11.9. The van der Waals surface area contributed by atoms with Crippen LogP contribution >= 0.6 is 0 Å². The van der Waals surface area contributed by atoms with Crippen molar-refractivity contribution < 1.29 is 22.8 Å². The predicted octanol–water partition coefficient (Wildman–Crippen LogP) is 0.655. The van der Waals surface area contributed by atoms with Crippen molar-refractivity contribution in [2.45, 2.75) is 38.4 Å². The van der Waals surface area contributed by atoms with Gasteiger partial charge in [0.05, 0.1) is 13.1 Å². The van der Waals surface area contributed by atoms with E-state index in [0.29, 0.717) is 32.4 Å². The summed E-state index contributed by atoms with van der Waals surface area (Å²) in [6, 6.07) is 0.0506. The van der Waals surface area contributed by atoms with Crippen molar-refractivity contribution in [3.05, 3.63) is 0 Å². The molecule has 116 valence electrons. The minimum atomic E-state index is -4.31. The number of amides is 2. The van der Waals surface area contributed by atoms with Crippen molar-refractivity contribution in [1.29, 1.82) is 0 Å². The van der Waals surface area contributed by atoms with Crippen molar-refractivity contribution >= 4 is 11.8 Å². The van der Waals surface area contributed by atoms with Gasteiger partial charge in [-0.3, -0.25) is 9.59 Å². The molecule has 0 aromatic carbocycles. The van der Waals surface area contributed by atoms with Crippen LogP contribution in [0.4, 0.5) is 13.2 Å². The highest BCUT2D eigenvalue weighted by atomic mass is 19.4. The Labute approximate surface area is 115 Å². The van der Waals surface area contributed by atoms with E-state index in [4.69, 9.17) is 0 Å². The van der Waals surface area contributed by atoms with Crippen LogP contribution in [0, 0.1) is 0 Å². The van der Waals surface area contributed by atoms with Crippen molar-refractivity contribution in [3.63, 3.8) is 0 Å². The number of hydrogen-bond acceptors (Lipinski definition) is 3. The van der Waals surface area contributed by atoms with Crippen LogP contribution in [-0.4, -0.2) is 55.1 Å². The zero-order chi connectivity index (χ0) is 15.2. The van der Waals surface area contributed by atoms with Crippen LogP contribution in [0.3, 0.4) is 0 Å². The van der Waals surface area contributed by atoms with Crippen molar-refractivity contribution in [1.82, 2.24) is 15.5 Å². The number of piperidine rings is 1. The molecule has 8 heteroatoms. The Morgan fingerprint density at radius 3 is 2.35 bits per heavy atom. The second kappa shape index (κ2) is 7.47. The van der Waals surface area contributed by atoms with Crippen LogP contribution in [0.1, 0.15) is 26.2 Å². The summed E-state index contributed by atoms with van der Waals surface area (Å²) in [5, 5.41) is 4.94. The monoisotopic (exact) mass is 295 g/mol. The van der Waals surface area contributed by atoms with Crippen LogP contribution in [0.25, 0.3) is 0 Å². The summed E-state index contributed by atoms with van der Waals surface area (Å²) in [5.74, 6) is -0.365. The first-order valence-electron chi connectivity index (χ1n) is 6.66. The molecule has 5 nitrogen and oxygen atoms in total. The van der Waals surface area contributed by atoms with Gasteiger partial charge in [-0.2, -0.15) is 13.2 Å². The number of hydrogen-bond donors (Lipinski definition) is 2. The van der Waals surface area contributed by atoms with Gasteiger partial charge in [0.25, 0.3) is 0 Å². The summed E-state index contributed by atoms with van der Waals surface area (Å²) in [5.41, 5.74) is 0. The maximum Gasteiger partial charge on any atom is 0.401 e. The molecule has 0 spiro atoms. The smallest absolute Gasteiger partial charge is 0.353 e. The van der Waals surface area contributed by atoms with Gasteiger partial charge in [-0.15, -0.1) is 0 Å². The van der Waals surface area contributed by atoms with Crippen LogP contribution in [0.15, 0.2) is 0 Å². The molecule has 1 fully saturated rings. The molecule has 1 aliphatic heterocycles. The van der Waals surface area contributed by atoms with Crippen molar-refractivity contribution in [3.8, 4) is 0 Å². The van der Waals surface area contributed by atoms with E-state index < -0.39 is 12.7 Å². The molecule has 0 aromatic heterocycles. The summed E-state index contributed by atoms with van der Waals surface area (Å²) < 4.78 is 35.8. The fraction of sp³-hybridized carbons (Fsp3) is 0.833. The van der Waals surface area contributed by atoms with Gasteiger partial charge in [0.1, 0.15) is 0 Å². The van der Waals surface area contributed by atoms with E-state index in [1.54, 1.807) is 6.92 Å². The number of nitrogens with one attached hydrogen (secondary N) is 2. The number of halogens is 3. The Balaban J connectivity index is 2.23. The molecule has 0 aromatic rings. The normalized spacial score (nSPS) is 17.1. The van der Waals surface area contributed by atoms with Gasteiger partial charge in [0.2, 0.25) is 11.8 Å². The largest absolute Gasteiger partial charge is 0.401 e. The lowest BCUT2D eigenvalue weighted by Gasteiger charge is -2.32. The van der Waals surface area contributed by atoms with E-state index in [1.807, 2.05) is 0 Å². The third-order valence-electron chi connectivity index (χ3n) is 3.14. The number of likely N-dealkylation sites (tertiary alicyclic amines) is 1. The Hall–Kier alpha value is -1.31. The molecule has 2 N–H and O–H groups in total. The van der Waals surface area contributed by atoms with Gasteiger partial charge in [-0.1, -0.05) is 6.92 Å². The van der Waals surface area contributed by atoms with E-state index in [-0.39, 0.29) is 24.4 Å². The minimum absolute atomic E-state index is 0.0263. The zero-order valence-electron chi connectivity index (χ0n) is 11.4. The van der Waals surface area contributed by atoms with Crippen LogP contribution in [0.5, 0.6) is 0 Å². The molecular formula is C12H20F3N3O2. The quantitative estimate of drug-likeness (QED) is 0.783. The standard InChI is InChI=1S/C12H20F3N3O2/c1-2-10(19)17-9-3-5-18(6-4-9)11(20)7-16-8-12(13,14)15/h9,16H,2-8H2,1H3,(H,17,19). The van der Waals surface area contributed by atoms with E-state index in [2.05, 4.69) is 10.6 Å². The van der Waals surface area contributed by atoms with Crippen LogP contribution in [0.2, 0.25) is 0 Å². The summed E-state index contributed by atoms with van der Waals surface area (Å²) in [6.45, 7) is 1.20. The summed E-state index contributed by atoms with van der Waals surface area (Å²) in [7, 11) is 0. The predicted molar refractivity (Wildman–Crippen MR) is 67.0 cm³/mol. The topological polar surface area (TPSA) is 61.4 Å². The Kier molecular flexibility index (Phi) is 6.25. The molecule has 0 bridgehead atoms. The number of carbonyl (C=O) groups is 2. The molecule has 0 radical (unpaired) electrons. The molecule has 1 heterocycles. The first-order valence-corrected chi connectivity index (χ1v) is 6.66. The number of rotatable bonds is 5. The third kappa shape index (κ3) is 6.23. The molecule has 1 aliphatic rings. The average Bonchev–Trinajstić information content (AvgIpc) is 2.37. The number of alkyl halides is 3. The minimum Gasteiger partial charge on any atom is -0.353 e. The molecule has 20 heavy (non-hydrogen) atoms. The Morgan fingerprint density at radius 1 is 1.25 bits per heavy atom. The summed E-state index contributed by atoms with van der Waals surface area (Å²) in [6.07, 6.45) is -2.62. The fourth-order valence-corrected chi connectivity index (χ4v) is 2.03. The number of nitrogens with zero attached hydrogens (tertiary/aromatic N) is 1. The lowest BCUT2D eigenvalue weighted by Crippen LogP contribution is -2.49. The van der Waals surface area contributed by atoms with Gasteiger partial charge in [-0.25, -0.2) is 0 Å². The van der Waals surface area contributed by atoms with E-state index >= 15 is 0 Å². The van der Waals surface area contributed by atoms with E-state index in [0.717, 1.165) is 0 Å². The van der Waals surface area contributed by atoms with Crippen molar-refractivity contribution in [2.75, 3.05) is 26.2 Å². The highest BCUT2D eigenvalue weighted by molar-refractivity contribution is 5.78. The second-order valence-electron chi connectivity index (χ2n) is 4.79. The summed E-state index contributed by atoms with van der Waals surface area (Å²) >= 11 is 0. The molecule has 0 saturated carbocycles. The lowest BCUT2D eigenvalue weighted by molar-refractivity contribution is -0.135. The molecule has 1 rings (SSSR count). The Bertz CT molecular complexity index is 339. The van der Waals surface area contributed by atoms with Gasteiger partial charge in [-0.05, 0) is 12.8 Å². The summed E-state index contributed by atoms with van der Waals surface area (Å²) in [4.78, 5) is 24.4. The molecule has 0 atom stereocenters. The van der Waals surface area contributed by atoms with Gasteiger partial charge in [0, 0.05) is 25.6 Å². The highest BCUT2D eigenvalue weighted by Gasteiger charge is 2.28. The third-order valence-corrected chi connectivity index (χ3v) is 3.14. The van der Waals surface area contributed by atoms with Gasteiger partial charge in [0.15, 0.2) is 0 Å². The van der Waals surface area contributed by atoms with Gasteiger partial charge < -0.3 is 15.5 Å². The maximum atomic E-state index is 11.9. The first-order chi connectivity index (χ1) is 9.31. The molecule has 2 amide bonds. The Morgan fingerprint density at radius 2 is 1.85 bits per heavy atom. The first kappa shape index (κ1) is 16.7. The second-order valence-corrected chi connectivity index (χ2v) is 4.79. The van der Waals surface area contributed by atoms with Crippen LogP contribution < -0.4 is 10.6 Å². The fourth-order valence-electron chi connectivity index (χ4n) is 2.03. The lowest BCUT2D eigenvalue weighted by atomic mass is 10.0. The molecule has 1 saturated heterocycles. The average molecular weight is 295 g/mol. The van der Waals surface area contributed by atoms with Crippen molar-refractivity contribution in [2.24, 2.45) is 0 Å². The molecular weight excluding hydrogens is 275 g/mol. The molecule has 0 aliphatic carbocycles. The van der Waals surface area contributed by atoms with Gasteiger partial charge >= 0.3 is 6.18 Å². The molecule has 0 unspecified atom stereocenters. The zero-order valence-corrected chi connectivity index (χ0v) is 11.4. The van der Waals surface area contributed by atoms with E-state index in [1.165, 1.54) is 4.90 Å². The highest BCUT2D eigenvalue weighted by Crippen LogP contribution is 2.13. The SMILES string of the molecule is CCC(=O)NC1CCN(C(=O)CNCC(F)(F)F)CC1.